The van der Waals surface area contributed by atoms with Gasteiger partial charge in [-0.2, -0.15) is 0 Å². The van der Waals surface area contributed by atoms with Crippen LogP contribution < -0.4 is 4.90 Å². The van der Waals surface area contributed by atoms with Gasteiger partial charge in [-0.1, -0.05) is 30.3 Å². The summed E-state index contributed by atoms with van der Waals surface area (Å²) in [7, 11) is 0. The lowest BCUT2D eigenvalue weighted by Gasteiger charge is -2.33. The van der Waals surface area contributed by atoms with E-state index in [0.717, 1.165) is 33.2 Å². The van der Waals surface area contributed by atoms with E-state index in [0.29, 0.717) is 6.54 Å². The molecule has 0 amide bonds. The van der Waals surface area contributed by atoms with E-state index in [1.807, 2.05) is 47.5 Å². The molecule has 1 aliphatic heterocycles. The first-order valence-corrected chi connectivity index (χ1v) is 9.75. The van der Waals surface area contributed by atoms with Crippen molar-refractivity contribution in [2.24, 2.45) is 0 Å². The van der Waals surface area contributed by atoms with Crippen molar-refractivity contribution in [3.8, 4) is 0 Å². The van der Waals surface area contributed by atoms with E-state index in [1.54, 1.807) is 6.07 Å². The highest BCUT2D eigenvalue weighted by molar-refractivity contribution is 6.08. The average molecular weight is 395 g/mol. The number of fused-ring (bicyclic) bond motifs is 3. The minimum absolute atomic E-state index is 0.160. The van der Waals surface area contributed by atoms with E-state index in [2.05, 4.69) is 4.57 Å². The van der Waals surface area contributed by atoms with E-state index in [1.165, 1.54) is 12.1 Å². The molecule has 1 aliphatic rings. The van der Waals surface area contributed by atoms with Crippen LogP contribution in [0.1, 0.15) is 18.4 Å². The molecule has 0 bridgehead atoms. The second kappa shape index (κ2) is 6.79. The highest BCUT2D eigenvalue weighted by atomic mass is 19.3. The monoisotopic (exact) mass is 395 g/mol. The number of piperidine rings is 1. The van der Waals surface area contributed by atoms with E-state index >= 15 is 0 Å². The molecule has 0 spiro atoms. The van der Waals surface area contributed by atoms with E-state index in [9.17, 15) is 13.2 Å². The second-order valence-electron chi connectivity index (χ2n) is 7.63. The van der Waals surface area contributed by atoms with Crippen LogP contribution >= 0.6 is 0 Å². The number of pyridine rings is 1. The van der Waals surface area contributed by atoms with Crippen molar-refractivity contribution in [1.29, 1.82) is 0 Å². The topological polar surface area (TPSA) is 21.1 Å². The first-order chi connectivity index (χ1) is 14.0. The molecule has 29 heavy (non-hydrogen) atoms. The molecular formula is C23H20F3N3. The number of nitrogens with zero attached hydrogens (tertiary/aromatic N) is 3. The van der Waals surface area contributed by atoms with Gasteiger partial charge in [0.2, 0.25) is 0 Å². The number of rotatable bonds is 3. The summed E-state index contributed by atoms with van der Waals surface area (Å²) in [5.41, 5.74) is 2.68. The zero-order valence-corrected chi connectivity index (χ0v) is 15.8. The zero-order chi connectivity index (χ0) is 20.0. The fourth-order valence-electron chi connectivity index (χ4n) is 4.15. The maximum absolute atomic E-state index is 13.7. The molecule has 148 valence electrons. The molecule has 0 N–H and O–H groups in total. The molecule has 1 fully saturated rings. The molecule has 1 saturated heterocycles. The Labute approximate surface area is 166 Å². The Morgan fingerprint density at radius 3 is 2.52 bits per heavy atom. The summed E-state index contributed by atoms with van der Waals surface area (Å²) in [4.78, 5) is 6.77. The molecule has 6 heteroatoms. The van der Waals surface area contributed by atoms with Crippen LogP contribution in [-0.4, -0.2) is 28.6 Å². The number of benzene rings is 2. The standard InChI is InChI=1S/C23H20F3N3/c24-17-5-3-4-16(14-17)15-29-11-8-19-21(29)18-6-1-2-7-20(18)27-22(19)28-12-9-23(25,26)10-13-28/h1-8,11,14H,9-10,12-13,15H2. The van der Waals surface area contributed by atoms with E-state index in [4.69, 9.17) is 4.98 Å². The van der Waals surface area contributed by atoms with Gasteiger partial charge < -0.3 is 9.47 Å². The lowest BCUT2D eigenvalue weighted by atomic mass is 10.1. The summed E-state index contributed by atoms with van der Waals surface area (Å²) in [5.74, 6) is -2.12. The minimum Gasteiger partial charge on any atom is -0.356 e. The molecule has 3 nitrogen and oxygen atoms in total. The minimum atomic E-state index is -2.60. The number of alkyl halides is 2. The summed E-state index contributed by atoms with van der Waals surface area (Å²) in [6.07, 6.45) is 1.64. The van der Waals surface area contributed by atoms with Crippen molar-refractivity contribution in [1.82, 2.24) is 9.55 Å². The van der Waals surface area contributed by atoms with Gasteiger partial charge in [-0.05, 0) is 29.8 Å². The number of aromatic nitrogens is 2. The van der Waals surface area contributed by atoms with Gasteiger partial charge in [-0.3, -0.25) is 0 Å². The summed E-state index contributed by atoms with van der Waals surface area (Å²) < 4.78 is 43.0. The Bertz CT molecular complexity index is 1190. The van der Waals surface area contributed by atoms with Gasteiger partial charge in [-0.25, -0.2) is 18.2 Å². The molecule has 4 aromatic rings. The molecule has 3 heterocycles. The van der Waals surface area contributed by atoms with Gasteiger partial charge in [0.25, 0.3) is 5.92 Å². The molecule has 2 aromatic carbocycles. The van der Waals surface area contributed by atoms with Gasteiger partial charge in [0, 0.05) is 49.4 Å². The normalized spacial score (nSPS) is 16.6. The lowest BCUT2D eigenvalue weighted by Crippen LogP contribution is -2.39. The van der Waals surface area contributed by atoms with E-state index in [-0.39, 0.29) is 31.7 Å². The van der Waals surface area contributed by atoms with Crippen LogP contribution in [0, 0.1) is 5.82 Å². The molecule has 0 saturated carbocycles. The summed E-state index contributed by atoms with van der Waals surface area (Å²) >= 11 is 0. The first-order valence-electron chi connectivity index (χ1n) is 9.75. The summed E-state index contributed by atoms with van der Waals surface area (Å²) in [5, 5.41) is 1.93. The van der Waals surface area contributed by atoms with Crippen molar-refractivity contribution < 1.29 is 13.2 Å². The highest BCUT2D eigenvalue weighted by Gasteiger charge is 2.35. The number of anilines is 1. The number of hydrogen-bond acceptors (Lipinski definition) is 2. The molecule has 0 atom stereocenters. The number of para-hydroxylation sites is 1. The number of hydrogen-bond donors (Lipinski definition) is 0. The van der Waals surface area contributed by atoms with Crippen LogP contribution in [-0.2, 0) is 6.54 Å². The lowest BCUT2D eigenvalue weighted by molar-refractivity contribution is -0.0221. The van der Waals surface area contributed by atoms with Gasteiger partial charge >= 0.3 is 0 Å². The van der Waals surface area contributed by atoms with Crippen molar-refractivity contribution in [3.63, 3.8) is 0 Å². The summed E-state index contributed by atoms with van der Waals surface area (Å²) in [6, 6.07) is 16.4. The quantitative estimate of drug-likeness (QED) is 0.449. The maximum atomic E-state index is 13.7. The Morgan fingerprint density at radius 1 is 0.931 bits per heavy atom. The van der Waals surface area contributed by atoms with Crippen LogP contribution in [0.5, 0.6) is 0 Å². The highest BCUT2D eigenvalue weighted by Crippen LogP contribution is 2.36. The van der Waals surface area contributed by atoms with Crippen LogP contribution in [0.3, 0.4) is 0 Å². The van der Waals surface area contributed by atoms with Crippen LogP contribution in [0.4, 0.5) is 19.0 Å². The molecule has 0 unspecified atom stereocenters. The second-order valence-corrected chi connectivity index (χ2v) is 7.63. The third kappa shape index (κ3) is 3.33. The van der Waals surface area contributed by atoms with Crippen LogP contribution in [0.15, 0.2) is 60.8 Å². The summed E-state index contributed by atoms with van der Waals surface area (Å²) in [6.45, 7) is 1.08. The van der Waals surface area contributed by atoms with Gasteiger partial charge in [0.1, 0.15) is 11.6 Å². The zero-order valence-electron chi connectivity index (χ0n) is 15.8. The third-order valence-electron chi connectivity index (χ3n) is 5.63. The number of halogens is 3. The Morgan fingerprint density at radius 2 is 1.72 bits per heavy atom. The Hall–Kier alpha value is -3.02. The predicted octanol–water partition coefficient (Wildman–Crippen LogP) is 5.61. The molecule has 0 aliphatic carbocycles. The molecular weight excluding hydrogens is 375 g/mol. The predicted molar refractivity (Wildman–Crippen MR) is 109 cm³/mol. The fraction of sp³-hybridized carbons (Fsp3) is 0.261. The fourth-order valence-corrected chi connectivity index (χ4v) is 4.15. The van der Waals surface area contributed by atoms with Crippen molar-refractivity contribution in [3.05, 3.63) is 72.2 Å². The van der Waals surface area contributed by atoms with Crippen molar-refractivity contribution >= 4 is 27.6 Å². The molecule has 0 radical (unpaired) electrons. The Balaban J connectivity index is 1.64. The van der Waals surface area contributed by atoms with Gasteiger partial charge in [-0.15, -0.1) is 0 Å². The third-order valence-corrected chi connectivity index (χ3v) is 5.63. The largest absolute Gasteiger partial charge is 0.356 e. The molecule has 5 rings (SSSR count). The smallest absolute Gasteiger partial charge is 0.251 e. The van der Waals surface area contributed by atoms with Gasteiger partial charge in [0.15, 0.2) is 0 Å². The molecule has 2 aromatic heterocycles. The first kappa shape index (κ1) is 18.0. The van der Waals surface area contributed by atoms with Crippen LogP contribution in [0.25, 0.3) is 21.8 Å². The maximum Gasteiger partial charge on any atom is 0.251 e. The average Bonchev–Trinajstić information content (AvgIpc) is 3.12. The van der Waals surface area contributed by atoms with Gasteiger partial charge in [0.05, 0.1) is 11.0 Å². The SMILES string of the molecule is Fc1cccc(Cn2ccc3c(N4CCC(F)(F)CC4)nc4ccccc4c32)c1. The van der Waals surface area contributed by atoms with Crippen molar-refractivity contribution in [2.75, 3.05) is 18.0 Å². The van der Waals surface area contributed by atoms with E-state index < -0.39 is 5.92 Å². The van der Waals surface area contributed by atoms with Crippen molar-refractivity contribution in [2.45, 2.75) is 25.3 Å². The Kier molecular flexibility index (Phi) is 4.23. The van der Waals surface area contributed by atoms with Crippen LogP contribution in [0.2, 0.25) is 0 Å².